The van der Waals surface area contributed by atoms with E-state index in [2.05, 4.69) is 20.8 Å². The van der Waals surface area contributed by atoms with Crippen molar-refractivity contribution in [1.29, 1.82) is 0 Å². The summed E-state index contributed by atoms with van der Waals surface area (Å²) in [5, 5.41) is 0. The van der Waals surface area contributed by atoms with E-state index in [1.807, 2.05) is 20.1 Å². The first-order chi connectivity index (χ1) is 9.73. The Morgan fingerprint density at radius 3 is 2.57 bits per heavy atom. The minimum atomic E-state index is -0.543. The van der Waals surface area contributed by atoms with Crippen LogP contribution in [-0.2, 0) is 18.9 Å². The minimum absolute atomic E-state index is 0.0240. The van der Waals surface area contributed by atoms with Crippen molar-refractivity contribution in [2.45, 2.75) is 71.4 Å². The Balaban J connectivity index is 1.87. The molecule has 6 heteroatoms. The molecule has 2 rings (SSSR count). The van der Waals surface area contributed by atoms with Gasteiger partial charge >= 0.3 is 0 Å². The molecule has 0 spiro atoms. The van der Waals surface area contributed by atoms with E-state index in [9.17, 15) is 0 Å². The van der Waals surface area contributed by atoms with Crippen molar-refractivity contribution in [2.75, 3.05) is 6.26 Å². The smallest absolute Gasteiger partial charge is 0.219 e. The second kappa shape index (κ2) is 6.71. The van der Waals surface area contributed by atoms with E-state index in [0.717, 1.165) is 6.42 Å². The van der Waals surface area contributed by atoms with Crippen LogP contribution in [0.1, 0.15) is 41.0 Å². The fourth-order valence-electron chi connectivity index (χ4n) is 3.25. The molecule has 2 aliphatic heterocycles. The van der Waals surface area contributed by atoms with Gasteiger partial charge in [-0.2, -0.15) is 0 Å². The van der Waals surface area contributed by atoms with E-state index in [1.54, 1.807) is 0 Å². The molecule has 0 amide bonds. The molecule has 2 fully saturated rings. The quantitative estimate of drug-likeness (QED) is 0.732. The normalized spacial score (nSPS) is 37.0. The summed E-state index contributed by atoms with van der Waals surface area (Å²) in [5.74, 6) is 0.130. The average molecular weight is 335 g/mol. The molecule has 21 heavy (non-hydrogen) atoms. The third-order valence-corrected chi connectivity index (χ3v) is 5.17. The van der Waals surface area contributed by atoms with Crippen LogP contribution in [0.4, 0.5) is 0 Å². The average Bonchev–Trinajstić information content (AvgIpc) is 2.83. The van der Waals surface area contributed by atoms with Crippen LogP contribution in [0.2, 0.25) is 0 Å². The highest BCUT2D eigenvalue weighted by atomic mass is 32.2. The van der Waals surface area contributed by atoms with Crippen LogP contribution < -0.4 is 0 Å². The lowest BCUT2D eigenvalue weighted by atomic mass is 9.88. The molecule has 0 saturated carbocycles. The van der Waals surface area contributed by atoms with Gasteiger partial charge in [0, 0.05) is 5.92 Å². The SMILES string of the molecule is CSC(=S)OC(C)C[C@H](C)[C@H]1O[C@@H]2OC(C)(C)O[C@@H]2[C@@H]1C. The van der Waals surface area contributed by atoms with E-state index >= 15 is 0 Å². The summed E-state index contributed by atoms with van der Waals surface area (Å²) >= 11 is 6.57. The molecule has 1 unspecified atom stereocenters. The first-order valence-corrected chi connectivity index (χ1v) is 9.12. The third-order valence-electron chi connectivity index (χ3n) is 4.14. The number of thioether (sulfide) groups is 1. The minimum Gasteiger partial charge on any atom is -0.476 e. The lowest BCUT2D eigenvalue weighted by Gasteiger charge is -2.28. The largest absolute Gasteiger partial charge is 0.476 e. The molecule has 0 aromatic carbocycles. The van der Waals surface area contributed by atoms with Crippen molar-refractivity contribution in [1.82, 2.24) is 0 Å². The van der Waals surface area contributed by atoms with Crippen LogP contribution in [0.25, 0.3) is 0 Å². The molecule has 0 N–H and O–H groups in total. The van der Waals surface area contributed by atoms with Gasteiger partial charge in [0.05, 0.1) is 12.2 Å². The van der Waals surface area contributed by atoms with Crippen LogP contribution in [0, 0.1) is 11.8 Å². The van der Waals surface area contributed by atoms with Gasteiger partial charge in [-0.3, -0.25) is 0 Å². The van der Waals surface area contributed by atoms with E-state index in [4.69, 9.17) is 31.2 Å². The lowest BCUT2D eigenvalue weighted by molar-refractivity contribution is -0.215. The van der Waals surface area contributed by atoms with Crippen LogP contribution in [-0.4, -0.2) is 41.0 Å². The van der Waals surface area contributed by atoms with Crippen molar-refractivity contribution in [3.63, 3.8) is 0 Å². The second-order valence-corrected chi connectivity index (χ2v) is 7.93. The summed E-state index contributed by atoms with van der Waals surface area (Å²) < 4.78 is 24.1. The second-order valence-electron chi connectivity index (χ2n) is 6.52. The highest BCUT2D eigenvalue weighted by Crippen LogP contribution is 2.43. The Morgan fingerprint density at radius 2 is 2.00 bits per heavy atom. The maximum Gasteiger partial charge on any atom is 0.219 e. The zero-order chi connectivity index (χ0) is 15.8. The lowest BCUT2D eigenvalue weighted by Crippen LogP contribution is -2.33. The molecule has 2 aliphatic rings. The van der Waals surface area contributed by atoms with E-state index in [-0.39, 0.29) is 24.6 Å². The standard InChI is InChI=1S/C15H26O4S2/c1-8(7-9(2)16-14(20)21-6)11-10(3)12-13(17-11)19-15(4,5)18-12/h8-13H,7H2,1-6H3/t8-,9?,10+,11+,12+,13+/m0/s1. The van der Waals surface area contributed by atoms with Gasteiger partial charge in [0.15, 0.2) is 12.1 Å². The third kappa shape index (κ3) is 4.10. The van der Waals surface area contributed by atoms with Crippen LogP contribution in [0.3, 0.4) is 0 Å². The van der Waals surface area contributed by atoms with Gasteiger partial charge in [0.2, 0.25) is 4.38 Å². The molecule has 2 heterocycles. The van der Waals surface area contributed by atoms with Gasteiger partial charge in [0.25, 0.3) is 0 Å². The van der Waals surface area contributed by atoms with E-state index in [1.165, 1.54) is 11.8 Å². The monoisotopic (exact) mass is 334 g/mol. The number of fused-ring (bicyclic) bond motifs is 1. The van der Waals surface area contributed by atoms with Crippen LogP contribution in [0.15, 0.2) is 0 Å². The molecule has 0 aromatic rings. The molecule has 0 aromatic heterocycles. The van der Waals surface area contributed by atoms with Gasteiger partial charge in [-0.05, 0) is 51.6 Å². The molecule has 122 valence electrons. The highest BCUT2D eigenvalue weighted by Gasteiger charge is 2.53. The molecule has 6 atom stereocenters. The summed E-state index contributed by atoms with van der Waals surface area (Å²) in [4.78, 5) is 0. The number of rotatable bonds is 4. The zero-order valence-corrected chi connectivity index (χ0v) is 15.3. The first-order valence-electron chi connectivity index (χ1n) is 7.49. The van der Waals surface area contributed by atoms with E-state index in [0.29, 0.717) is 16.2 Å². The first kappa shape index (κ1) is 17.5. The van der Waals surface area contributed by atoms with Crippen LogP contribution in [0.5, 0.6) is 0 Å². The Hall–Kier alpha value is 0.120. The summed E-state index contributed by atoms with van der Waals surface area (Å²) in [6, 6.07) is 0. The summed E-state index contributed by atoms with van der Waals surface area (Å²) in [6.07, 6.45) is 2.83. The fraction of sp³-hybridized carbons (Fsp3) is 0.933. The zero-order valence-electron chi connectivity index (χ0n) is 13.6. The Kier molecular flexibility index (Phi) is 5.58. The predicted molar refractivity (Wildman–Crippen MR) is 88.3 cm³/mol. The number of hydrogen-bond acceptors (Lipinski definition) is 6. The van der Waals surface area contributed by atoms with Crippen molar-refractivity contribution in [3.05, 3.63) is 0 Å². The Bertz CT molecular complexity index is 388. The topological polar surface area (TPSA) is 36.9 Å². The van der Waals surface area contributed by atoms with Crippen molar-refractivity contribution in [3.8, 4) is 0 Å². The number of thiocarbonyl (C=S) groups is 1. The van der Waals surface area contributed by atoms with Gasteiger partial charge in [-0.25, -0.2) is 0 Å². The Morgan fingerprint density at radius 1 is 1.33 bits per heavy atom. The van der Waals surface area contributed by atoms with Gasteiger partial charge < -0.3 is 18.9 Å². The number of ether oxygens (including phenoxy) is 4. The summed E-state index contributed by atoms with van der Waals surface area (Å²) in [5.41, 5.74) is 0. The van der Waals surface area contributed by atoms with Crippen molar-refractivity contribution >= 4 is 28.4 Å². The molecular weight excluding hydrogens is 308 g/mol. The van der Waals surface area contributed by atoms with Gasteiger partial charge in [0.1, 0.15) is 6.10 Å². The van der Waals surface area contributed by atoms with Crippen LogP contribution >= 0.6 is 24.0 Å². The van der Waals surface area contributed by atoms with Gasteiger partial charge in [-0.1, -0.05) is 25.6 Å². The Labute approximate surface area is 137 Å². The van der Waals surface area contributed by atoms with E-state index < -0.39 is 5.79 Å². The molecule has 4 nitrogen and oxygen atoms in total. The highest BCUT2D eigenvalue weighted by molar-refractivity contribution is 8.22. The van der Waals surface area contributed by atoms with Gasteiger partial charge in [-0.15, -0.1) is 0 Å². The molecule has 0 aliphatic carbocycles. The maximum atomic E-state index is 6.09. The summed E-state index contributed by atoms with van der Waals surface area (Å²) in [6.45, 7) is 10.3. The summed E-state index contributed by atoms with van der Waals surface area (Å²) in [7, 11) is 0. The predicted octanol–water partition coefficient (Wildman–Crippen LogP) is 3.58. The fourth-order valence-corrected chi connectivity index (χ4v) is 3.68. The number of hydrogen-bond donors (Lipinski definition) is 0. The molecular formula is C15H26O4S2. The molecule has 0 bridgehead atoms. The molecule has 2 saturated heterocycles. The van der Waals surface area contributed by atoms with Crippen molar-refractivity contribution in [2.24, 2.45) is 11.8 Å². The maximum absolute atomic E-state index is 6.09. The van der Waals surface area contributed by atoms with Crippen molar-refractivity contribution < 1.29 is 18.9 Å². The molecule has 0 radical (unpaired) electrons.